The van der Waals surface area contributed by atoms with Crippen LogP contribution in [0.5, 0.6) is 0 Å². The molecule has 1 aliphatic heterocycles. The Balaban J connectivity index is 2.12. The van der Waals surface area contributed by atoms with E-state index in [4.69, 9.17) is 10.5 Å². The first-order chi connectivity index (χ1) is 8.20. The van der Waals surface area contributed by atoms with Gasteiger partial charge in [0.05, 0.1) is 12.7 Å². The first kappa shape index (κ1) is 12.1. The van der Waals surface area contributed by atoms with Crippen LogP contribution in [-0.2, 0) is 11.3 Å². The lowest BCUT2D eigenvalue weighted by Gasteiger charge is -2.31. The van der Waals surface area contributed by atoms with Crippen LogP contribution in [0.15, 0.2) is 24.3 Å². The monoisotopic (exact) mass is 234 g/mol. The SMILES string of the molecule is CC1CN(C(=O)c2cccc(CN)c2)CCO1. The number of nitrogens with two attached hydrogens (primary N) is 1. The number of morpholine rings is 1. The molecule has 0 aromatic heterocycles. The Morgan fingerprint density at radius 3 is 3.12 bits per heavy atom. The van der Waals surface area contributed by atoms with Crippen molar-refractivity contribution in [3.8, 4) is 0 Å². The normalized spacial score (nSPS) is 20.4. The van der Waals surface area contributed by atoms with Crippen LogP contribution < -0.4 is 5.73 Å². The van der Waals surface area contributed by atoms with E-state index in [0.717, 1.165) is 5.56 Å². The number of hydrogen-bond donors (Lipinski definition) is 1. The molecule has 1 unspecified atom stereocenters. The highest BCUT2D eigenvalue weighted by Gasteiger charge is 2.22. The van der Waals surface area contributed by atoms with E-state index in [0.29, 0.717) is 31.8 Å². The van der Waals surface area contributed by atoms with Crippen LogP contribution in [0.3, 0.4) is 0 Å². The molecule has 0 radical (unpaired) electrons. The number of benzene rings is 1. The van der Waals surface area contributed by atoms with E-state index in [1.54, 1.807) is 0 Å². The highest BCUT2D eigenvalue weighted by molar-refractivity contribution is 5.94. The number of amides is 1. The molecule has 1 fully saturated rings. The van der Waals surface area contributed by atoms with E-state index >= 15 is 0 Å². The molecule has 1 amide bonds. The topological polar surface area (TPSA) is 55.6 Å². The van der Waals surface area contributed by atoms with Gasteiger partial charge in [-0.3, -0.25) is 4.79 Å². The third-order valence-electron chi connectivity index (χ3n) is 2.94. The fourth-order valence-electron chi connectivity index (χ4n) is 2.02. The number of carbonyl (C=O) groups excluding carboxylic acids is 1. The summed E-state index contributed by atoms with van der Waals surface area (Å²) in [5.41, 5.74) is 7.27. The maximum Gasteiger partial charge on any atom is 0.254 e. The molecule has 2 N–H and O–H groups in total. The van der Waals surface area contributed by atoms with Crippen LogP contribution in [-0.4, -0.2) is 36.6 Å². The van der Waals surface area contributed by atoms with Gasteiger partial charge >= 0.3 is 0 Å². The van der Waals surface area contributed by atoms with E-state index in [9.17, 15) is 4.79 Å². The minimum Gasteiger partial charge on any atom is -0.375 e. The summed E-state index contributed by atoms with van der Waals surface area (Å²) in [4.78, 5) is 14.1. The molecule has 1 aromatic rings. The zero-order valence-corrected chi connectivity index (χ0v) is 10.1. The zero-order valence-electron chi connectivity index (χ0n) is 10.1. The Bertz CT molecular complexity index is 406. The quantitative estimate of drug-likeness (QED) is 0.830. The molecule has 0 saturated carbocycles. The lowest BCUT2D eigenvalue weighted by molar-refractivity contribution is -0.0124. The summed E-state index contributed by atoms with van der Waals surface area (Å²) in [5, 5.41) is 0. The molecule has 1 atom stereocenters. The maximum atomic E-state index is 12.2. The summed E-state index contributed by atoms with van der Waals surface area (Å²) in [7, 11) is 0. The number of hydrogen-bond acceptors (Lipinski definition) is 3. The van der Waals surface area contributed by atoms with Crippen molar-refractivity contribution in [3.05, 3.63) is 35.4 Å². The molecule has 0 bridgehead atoms. The van der Waals surface area contributed by atoms with E-state index in [1.807, 2.05) is 36.1 Å². The van der Waals surface area contributed by atoms with Gasteiger partial charge in [0.15, 0.2) is 0 Å². The predicted molar refractivity (Wildman–Crippen MR) is 65.7 cm³/mol. The first-order valence-electron chi connectivity index (χ1n) is 5.90. The number of nitrogens with zero attached hydrogens (tertiary/aromatic N) is 1. The van der Waals surface area contributed by atoms with Crippen molar-refractivity contribution in [2.24, 2.45) is 5.73 Å². The first-order valence-corrected chi connectivity index (χ1v) is 5.90. The van der Waals surface area contributed by atoms with E-state index in [-0.39, 0.29) is 12.0 Å². The Labute approximate surface area is 101 Å². The van der Waals surface area contributed by atoms with Crippen molar-refractivity contribution >= 4 is 5.91 Å². The Kier molecular flexibility index (Phi) is 3.76. The minimum atomic E-state index is 0.0652. The van der Waals surface area contributed by atoms with Gasteiger partial charge in [-0.05, 0) is 24.6 Å². The van der Waals surface area contributed by atoms with Gasteiger partial charge < -0.3 is 15.4 Å². The molecule has 4 heteroatoms. The van der Waals surface area contributed by atoms with Gasteiger partial charge in [-0.1, -0.05) is 12.1 Å². The summed E-state index contributed by atoms with van der Waals surface area (Å²) in [6, 6.07) is 7.50. The van der Waals surface area contributed by atoms with Gasteiger partial charge in [-0.15, -0.1) is 0 Å². The van der Waals surface area contributed by atoms with Crippen molar-refractivity contribution in [2.75, 3.05) is 19.7 Å². The second kappa shape index (κ2) is 5.29. The van der Waals surface area contributed by atoms with E-state index in [2.05, 4.69) is 0 Å². The van der Waals surface area contributed by atoms with Crippen LogP contribution in [0.2, 0.25) is 0 Å². The lowest BCUT2D eigenvalue weighted by Crippen LogP contribution is -2.44. The van der Waals surface area contributed by atoms with Crippen molar-refractivity contribution in [1.29, 1.82) is 0 Å². The van der Waals surface area contributed by atoms with Gasteiger partial charge in [0.25, 0.3) is 5.91 Å². The van der Waals surface area contributed by atoms with Crippen LogP contribution in [0, 0.1) is 0 Å². The number of ether oxygens (including phenoxy) is 1. The van der Waals surface area contributed by atoms with E-state index < -0.39 is 0 Å². The van der Waals surface area contributed by atoms with Crippen LogP contribution >= 0.6 is 0 Å². The molecule has 1 heterocycles. The van der Waals surface area contributed by atoms with Crippen LogP contribution in [0.4, 0.5) is 0 Å². The smallest absolute Gasteiger partial charge is 0.254 e. The average Bonchev–Trinajstić information content (AvgIpc) is 2.38. The Hall–Kier alpha value is -1.39. The van der Waals surface area contributed by atoms with Gasteiger partial charge in [0.2, 0.25) is 0 Å². The average molecular weight is 234 g/mol. The molecular formula is C13H18N2O2. The lowest BCUT2D eigenvalue weighted by atomic mass is 10.1. The Morgan fingerprint density at radius 1 is 1.59 bits per heavy atom. The fourth-order valence-corrected chi connectivity index (χ4v) is 2.02. The number of carbonyl (C=O) groups is 1. The van der Waals surface area contributed by atoms with Gasteiger partial charge in [-0.25, -0.2) is 0 Å². The highest BCUT2D eigenvalue weighted by Crippen LogP contribution is 2.12. The van der Waals surface area contributed by atoms with Crippen molar-refractivity contribution in [2.45, 2.75) is 19.6 Å². The highest BCUT2D eigenvalue weighted by atomic mass is 16.5. The molecule has 4 nitrogen and oxygen atoms in total. The molecule has 1 saturated heterocycles. The molecule has 92 valence electrons. The minimum absolute atomic E-state index is 0.0652. The molecule has 17 heavy (non-hydrogen) atoms. The second-order valence-electron chi connectivity index (χ2n) is 4.34. The molecule has 0 aliphatic carbocycles. The number of rotatable bonds is 2. The fraction of sp³-hybridized carbons (Fsp3) is 0.462. The van der Waals surface area contributed by atoms with Gasteiger partial charge in [-0.2, -0.15) is 0 Å². The Morgan fingerprint density at radius 2 is 2.41 bits per heavy atom. The van der Waals surface area contributed by atoms with Gasteiger partial charge in [0.1, 0.15) is 0 Å². The third kappa shape index (κ3) is 2.84. The van der Waals surface area contributed by atoms with Crippen LogP contribution in [0.25, 0.3) is 0 Å². The van der Waals surface area contributed by atoms with E-state index in [1.165, 1.54) is 0 Å². The molecule has 2 rings (SSSR count). The summed E-state index contributed by atoms with van der Waals surface area (Å²) in [5.74, 6) is 0.0652. The largest absolute Gasteiger partial charge is 0.375 e. The van der Waals surface area contributed by atoms with Crippen molar-refractivity contribution < 1.29 is 9.53 Å². The molecular weight excluding hydrogens is 216 g/mol. The molecule has 1 aliphatic rings. The predicted octanol–water partition coefficient (Wildman–Crippen LogP) is 1.01. The summed E-state index contributed by atoms with van der Waals surface area (Å²) >= 11 is 0. The maximum absolute atomic E-state index is 12.2. The van der Waals surface area contributed by atoms with Crippen molar-refractivity contribution in [1.82, 2.24) is 4.90 Å². The van der Waals surface area contributed by atoms with Gasteiger partial charge in [0, 0.05) is 25.2 Å². The molecule has 0 spiro atoms. The second-order valence-corrected chi connectivity index (χ2v) is 4.34. The van der Waals surface area contributed by atoms with Crippen molar-refractivity contribution in [3.63, 3.8) is 0 Å². The zero-order chi connectivity index (χ0) is 12.3. The van der Waals surface area contributed by atoms with Crippen LogP contribution in [0.1, 0.15) is 22.8 Å². The third-order valence-corrected chi connectivity index (χ3v) is 2.94. The summed E-state index contributed by atoms with van der Waals surface area (Å²) in [6.07, 6.45) is 0.116. The summed E-state index contributed by atoms with van der Waals surface area (Å²) in [6.45, 7) is 4.38. The standard InChI is InChI=1S/C13H18N2O2/c1-10-9-15(5-6-17-10)13(16)12-4-2-3-11(7-12)8-14/h2-4,7,10H,5-6,8-9,14H2,1H3. The summed E-state index contributed by atoms with van der Waals surface area (Å²) < 4.78 is 5.43. The molecule has 1 aromatic carbocycles.